The molecule has 2 aromatic carbocycles. The van der Waals surface area contributed by atoms with Crippen LogP contribution in [0.25, 0.3) is 0 Å². The molecule has 2 aromatic rings. The molecule has 1 saturated heterocycles. The van der Waals surface area contributed by atoms with Gasteiger partial charge in [0.1, 0.15) is 5.75 Å². The van der Waals surface area contributed by atoms with Crippen molar-refractivity contribution >= 4 is 17.5 Å². The van der Waals surface area contributed by atoms with Crippen LogP contribution in [0.1, 0.15) is 25.0 Å². The summed E-state index contributed by atoms with van der Waals surface area (Å²) in [6, 6.07) is 16.8. The smallest absolute Gasteiger partial charge is 0.266 e. The molecular weight excluding hydrogens is 374 g/mol. The van der Waals surface area contributed by atoms with Crippen molar-refractivity contribution in [1.29, 1.82) is 5.26 Å². The number of carbonyl (C=O) groups is 1. The van der Waals surface area contributed by atoms with Gasteiger partial charge in [-0.1, -0.05) is 23.7 Å². The fraction of sp³-hybridized carbons (Fsp3) is 0.364. The first kappa shape index (κ1) is 20.2. The maximum absolute atomic E-state index is 13.0. The van der Waals surface area contributed by atoms with Gasteiger partial charge in [-0.3, -0.25) is 9.69 Å². The van der Waals surface area contributed by atoms with E-state index in [2.05, 4.69) is 11.0 Å². The van der Waals surface area contributed by atoms with Crippen molar-refractivity contribution < 1.29 is 9.53 Å². The van der Waals surface area contributed by atoms with Crippen molar-refractivity contribution in [1.82, 2.24) is 9.80 Å². The number of amides is 1. The van der Waals surface area contributed by atoms with E-state index >= 15 is 0 Å². The summed E-state index contributed by atoms with van der Waals surface area (Å²) in [6.07, 6.45) is 0. The van der Waals surface area contributed by atoms with Crippen molar-refractivity contribution in [2.45, 2.75) is 26.0 Å². The van der Waals surface area contributed by atoms with Crippen LogP contribution < -0.4 is 4.74 Å². The van der Waals surface area contributed by atoms with Gasteiger partial charge in [-0.25, -0.2) is 0 Å². The molecule has 0 N–H and O–H groups in total. The summed E-state index contributed by atoms with van der Waals surface area (Å²) >= 11 is 5.90. The lowest BCUT2D eigenvalue weighted by atomic mass is 10.1. The van der Waals surface area contributed by atoms with Crippen molar-refractivity contribution in [2.24, 2.45) is 0 Å². The minimum Gasteiger partial charge on any atom is -0.478 e. The largest absolute Gasteiger partial charge is 0.478 e. The second kappa shape index (κ2) is 8.64. The Morgan fingerprint density at radius 2 is 1.68 bits per heavy atom. The lowest BCUT2D eigenvalue weighted by Gasteiger charge is -2.38. The Balaban J connectivity index is 1.53. The van der Waals surface area contributed by atoms with Crippen LogP contribution >= 0.6 is 11.6 Å². The third kappa shape index (κ3) is 5.03. The Morgan fingerprint density at radius 1 is 1.07 bits per heavy atom. The van der Waals surface area contributed by atoms with E-state index in [-0.39, 0.29) is 5.91 Å². The molecule has 6 heteroatoms. The lowest BCUT2D eigenvalue weighted by molar-refractivity contribution is -0.147. The third-order valence-electron chi connectivity index (χ3n) is 4.85. The van der Waals surface area contributed by atoms with Gasteiger partial charge in [0.15, 0.2) is 5.60 Å². The van der Waals surface area contributed by atoms with Crippen molar-refractivity contribution in [3.63, 3.8) is 0 Å². The molecule has 1 heterocycles. The van der Waals surface area contributed by atoms with Crippen LogP contribution in [0.5, 0.6) is 5.75 Å². The minimum absolute atomic E-state index is 0.0135. The van der Waals surface area contributed by atoms with Crippen LogP contribution in [0.4, 0.5) is 0 Å². The van der Waals surface area contributed by atoms with Gasteiger partial charge < -0.3 is 9.64 Å². The number of nitriles is 1. The zero-order chi connectivity index (χ0) is 20.1. The van der Waals surface area contributed by atoms with Gasteiger partial charge in [-0.05, 0) is 55.8 Å². The normalized spacial score (nSPS) is 15.1. The fourth-order valence-electron chi connectivity index (χ4n) is 3.27. The molecule has 1 aliphatic rings. The Morgan fingerprint density at radius 3 is 2.25 bits per heavy atom. The number of hydrogen-bond acceptors (Lipinski definition) is 4. The van der Waals surface area contributed by atoms with E-state index in [1.54, 1.807) is 38.1 Å². The van der Waals surface area contributed by atoms with E-state index in [0.717, 1.165) is 19.6 Å². The van der Waals surface area contributed by atoms with Gasteiger partial charge in [0.25, 0.3) is 5.91 Å². The summed E-state index contributed by atoms with van der Waals surface area (Å²) in [5.74, 6) is 0.614. The quantitative estimate of drug-likeness (QED) is 0.771. The molecule has 0 atom stereocenters. The summed E-state index contributed by atoms with van der Waals surface area (Å²) in [5, 5.41) is 9.52. The number of carbonyl (C=O) groups excluding carboxylic acids is 1. The molecule has 5 nitrogen and oxygen atoms in total. The SMILES string of the molecule is CC(C)(Oc1ccc(Cl)cc1)C(=O)N1CCN(Cc2ccc(C#N)cc2)CC1. The molecule has 146 valence electrons. The number of piperazine rings is 1. The summed E-state index contributed by atoms with van der Waals surface area (Å²) < 4.78 is 5.93. The monoisotopic (exact) mass is 397 g/mol. The second-order valence-corrected chi connectivity index (χ2v) is 7.88. The summed E-state index contributed by atoms with van der Waals surface area (Å²) in [7, 11) is 0. The molecule has 3 rings (SSSR count). The molecule has 0 radical (unpaired) electrons. The first-order chi connectivity index (χ1) is 13.4. The Kier molecular flexibility index (Phi) is 6.23. The first-order valence-electron chi connectivity index (χ1n) is 9.33. The predicted octanol–water partition coefficient (Wildman–Crippen LogP) is 3.71. The highest BCUT2D eigenvalue weighted by Crippen LogP contribution is 2.23. The maximum atomic E-state index is 13.0. The summed E-state index contributed by atoms with van der Waals surface area (Å²) in [5.41, 5.74) is 0.899. The number of benzene rings is 2. The summed E-state index contributed by atoms with van der Waals surface area (Å²) in [6.45, 7) is 7.37. The molecule has 0 unspecified atom stereocenters. The highest BCUT2D eigenvalue weighted by atomic mass is 35.5. The van der Waals surface area contributed by atoms with E-state index in [4.69, 9.17) is 21.6 Å². The van der Waals surface area contributed by atoms with E-state index < -0.39 is 5.60 Å². The van der Waals surface area contributed by atoms with Crippen molar-refractivity contribution in [3.05, 3.63) is 64.7 Å². The van der Waals surface area contributed by atoms with E-state index in [1.165, 1.54) is 5.56 Å². The molecule has 1 aliphatic heterocycles. The van der Waals surface area contributed by atoms with Gasteiger partial charge in [0.2, 0.25) is 0 Å². The first-order valence-corrected chi connectivity index (χ1v) is 9.70. The van der Waals surface area contributed by atoms with Gasteiger partial charge in [0, 0.05) is 37.7 Å². The second-order valence-electron chi connectivity index (χ2n) is 7.44. The van der Waals surface area contributed by atoms with Crippen LogP contribution in [0.3, 0.4) is 0 Å². The topological polar surface area (TPSA) is 56.6 Å². The number of rotatable bonds is 5. The third-order valence-corrected chi connectivity index (χ3v) is 5.10. The average molecular weight is 398 g/mol. The molecular formula is C22H24ClN3O2. The average Bonchev–Trinajstić information content (AvgIpc) is 2.70. The van der Waals surface area contributed by atoms with Crippen LogP contribution in [-0.4, -0.2) is 47.5 Å². The lowest BCUT2D eigenvalue weighted by Crippen LogP contribution is -2.55. The number of hydrogen-bond donors (Lipinski definition) is 0. The molecule has 0 aromatic heterocycles. The molecule has 0 bridgehead atoms. The predicted molar refractivity (Wildman–Crippen MR) is 109 cm³/mol. The molecule has 1 amide bonds. The maximum Gasteiger partial charge on any atom is 0.266 e. The molecule has 1 fully saturated rings. The van der Waals surface area contributed by atoms with Crippen molar-refractivity contribution in [3.8, 4) is 11.8 Å². The molecule has 0 spiro atoms. The van der Waals surface area contributed by atoms with E-state index in [0.29, 0.717) is 29.4 Å². The summed E-state index contributed by atoms with van der Waals surface area (Å²) in [4.78, 5) is 17.1. The van der Waals surface area contributed by atoms with Crippen LogP contribution in [0.15, 0.2) is 48.5 Å². The molecule has 0 saturated carbocycles. The minimum atomic E-state index is -0.941. The number of nitrogens with zero attached hydrogens (tertiary/aromatic N) is 3. The van der Waals surface area contributed by atoms with Gasteiger partial charge in [-0.2, -0.15) is 5.26 Å². The van der Waals surface area contributed by atoms with Crippen molar-refractivity contribution in [2.75, 3.05) is 26.2 Å². The highest BCUT2D eigenvalue weighted by molar-refractivity contribution is 6.30. The number of ether oxygens (including phenoxy) is 1. The molecule has 0 aliphatic carbocycles. The number of halogens is 1. The Labute approximate surface area is 171 Å². The van der Waals surface area contributed by atoms with Gasteiger partial charge >= 0.3 is 0 Å². The van der Waals surface area contributed by atoms with Crippen LogP contribution in [0, 0.1) is 11.3 Å². The van der Waals surface area contributed by atoms with Crippen LogP contribution in [-0.2, 0) is 11.3 Å². The molecule has 28 heavy (non-hydrogen) atoms. The zero-order valence-electron chi connectivity index (χ0n) is 16.2. The van der Waals surface area contributed by atoms with Gasteiger partial charge in [-0.15, -0.1) is 0 Å². The van der Waals surface area contributed by atoms with Gasteiger partial charge in [0.05, 0.1) is 11.6 Å². The standard InChI is InChI=1S/C22H24ClN3O2/c1-22(2,28-20-9-7-19(23)8-10-20)21(27)26-13-11-25(12-14-26)16-18-5-3-17(15-24)4-6-18/h3-10H,11-14,16H2,1-2H3. The van der Waals surface area contributed by atoms with Crippen LogP contribution in [0.2, 0.25) is 5.02 Å². The Hall–Kier alpha value is -2.55. The fourth-order valence-corrected chi connectivity index (χ4v) is 3.40. The van der Waals surface area contributed by atoms with E-state index in [9.17, 15) is 4.79 Å². The van der Waals surface area contributed by atoms with E-state index in [1.807, 2.05) is 29.2 Å². The Bertz CT molecular complexity index is 849. The highest BCUT2D eigenvalue weighted by Gasteiger charge is 2.35. The zero-order valence-corrected chi connectivity index (χ0v) is 16.9.